The maximum Gasteiger partial charge on any atom is 0.320 e. The Kier molecular flexibility index (Phi) is 11.8. The minimum atomic E-state index is -1.11. The number of hydrogen-bond acceptors (Lipinski definition) is 6. The van der Waals surface area contributed by atoms with Gasteiger partial charge in [-0.25, -0.2) is 0 Å². The number of aryl methyl sites for hydroxylation is 3. The molecule has 3 aromatic carbocycles. The summed E-state index contributed by atoms with van der Waals surface area (Å²) in [5.74, 6) is -2.10. The van der Waals surface area contributed by atoms with E-state index in [1.165, 1.54) is 22.5 Å². The number of rotatable bonds is 10. The molecule has 51 heavy (non-hydrogen) atoms. The number of aliphatic carboxylic acids is 2. The third-order valence-electron chi connectivity index (χ3n) is 8.67. The molecule has 12 heteroatoms. The number of aromatic nitrogens is 3. The fraction of sp³-hybridized carbons (Fsp3) is 0.179. The van der Waals surface area contributed by atoms with Gasteiger partial charge in [0.1, 0.15) is 17.6 Å². The number of hydrogen-bond donors (Lipinski definition) is 4. The predicted molar refractivity (Wildman–Crippen MR) is 204 cm³/mol. The second kappa shape index (κ2) is 16.0. The Morgan fingerprint density at radius 3 is 1.80 bits per heavy atom. The van der Waals surface area contributed by atoms with Crippen molar-refractivity contribution in [2.45, 2.75) is 24.9 Å². The highest BCUT2D eigenvalue weighted by Crippen LogP contribution is 2.33. The molecule has 0 bridgehead atoms. The van der Waals surface area contributed by atoms with E-state index in [1.807, 2.05) is 42.1 Å². The lowest BCUT2D eigenvalue weighted by molar-refractivity contribution is -0.383. The highest BCUT2D eigenvalue weighted by atomic mass is 16.6. The van der Waals surface area contributed by atoms with E-state index in [1.54, 1.807) is 36.0 Å². The summed E-state index contributed by atoms with van der Waals surface area (Å²) >= 11 is 0. The lowest BCUT2D eigenvalue weighted by Gasteiger charge is -2.06. The number of benzene rings is 3. The number of fused-ring (bicyclic) bond motifs is 3. The maximum absolute atomic E-state index is 11.2. The minimum Gasteiger partial charge on any atom is -0.480 e. The summed E-state index contributed by atoms with van der Waals surface area (Å²) in [5, 5.41) is 31.9. The van der Waals surface area contributed by atoms with Gasteiger partial charge in [-0.15, -0.1) is 0 Å². The lowest BCUT2D eigenvalue weighted by atomic mass is 10.0. The van der Waals surface area contributed by atoms with Gasteiger partial charge in [-0.3, -0.25) is 19.7 Å². The second-order valence-corrected chi connectivity index (χ2v) is 12.0. The fourth-order valence-electron chi connectivity index (χ4n) is 6.17. The molecule has 0 fully saturated rings. The summed E-state index contributed by atoms with van der Waals surface area (Å²) < 4.78 is 5.71. The number of nitro groups is 1. The normalized spacial score (nSPS) is 11.9. The van der Waals surface area contributed by atoms with Crippen LogP contribution < -0.4 is 11.5 Å². The third-order valence-corrected chi connectivity index (χ3v) is 8.67. The zero-order chi connectivity index (χ0) is 37.6. The largest absolute Gasteiger partial charge is 0.480 e. The van der Waals surface area contributed by atoms with Crippen LogP contribution in [0.25, 0.3) is 50.9 Å². The predicted octanol–water partition coefficient (Wildman–Crippen LogP) is 6.28. The molecule has 2 unspecified atom stereocenters. The maximum atomic E-state index is 11.2. The zero-order valence-corrected chi connectivity index (χ0v) is 28.8. The van der Waals surface area contributed by atoms with Gasteiger partial charge in [-0.05, 0) is 52.1 Å². The van der Waals surface area contributed by atoms with Crippen LogP contribution in [0.4, 0.5) is 5.69 Å². The number of nitrogens with two attached hydrogens (primary N) is 2. The van der Waals surface area contributed by atoms with Crippen molar-refractivity contribution in [2.75, 3.05) is 0 Å². The molecule has 0 saturated heterocycles. The van der Waals surface area contributed by atoms with Crippen LogP contribution in [0.3, 0.4) is 0 Å². The van der Waals surface area contributed by atoms with Gasteiger partial charge in [-0.1, -0.05) is 62.2 Å². The van der Waals surface area contributed by atoms with Crippen molar-refractivity contribution in [1.82, 2.24) is 13.7 Å². The summed E-state index contributed by atoms with van der Waals surface area (Å²) in [5.41, 5.74) is 18.4. The van der Waals surface area contributed by atoms with Crippen molar-refractivity contribution in [3.63, 3.8) is 0 Å². The first-order chi connectivity index (χ1) is 24.2. The van der Waals surface area contributed by atoms with Crippen LogP contribution in [0.5, 0.6) is 0 Å². The molecule has 0 aliphatic rings. The number of nitro benzene ring substituents is 1. The van der Waals surface area contributed by atoms with Gasteiger partial charge in [0.25, 0.3) is 5.69 Å². The molecular weight excluding hydrogens is 648 g/mol. The molecule has 0 amide bonds. The van der Waals surface area contributed by atoms with E-state index in [0.717, 1.165) is 22.0 Å². The Labute approximate surface area is 295 Å². The summed E-state index contributed by atoms with van der Waals surface area (Å²) in [6, 6.07) is 15.4. The van der Waals surface area contributed by atoms with Crippen molar-refractivity contribution >= 4 is 68.6 Å². The molecule has 3 heterocycles. The molecule has 12 nitrogen and oxygen atoms in total. The molecular formula is C39H42N6O6. The average Bonchev–Trinajstić information content (AvgIpc) is 3.76. The number of non-ortho nitro benzene ring substituents is 1. The molecule has 0 spiro atoms. The molecule has 6 rings (SSSR count). The molecule has 264 valence electrons. The van der Waals surface area contributed by atoms with Gasteiger partial charge >= 0.3 is 11.9 Å². The first-order valence-electron chi connectivity index (χ1n) is 15.9. The molecule has 6 N–H and O–H groups in total. The smallest absolute Gasteiger partial charge is 0.320 e. The standard InChI is InChI=1S/C14H15N3O4.C14H16N2O2.C11H11N/c1-3-8-4-5-11(17(20)21)13-12(8)9(7-16(13)2)6-10(15)14(18)19;1-3-9-5-4-6-12-13(9)10(8-16(12)2)7-11(15)14(17)18;1-3-9-5-4-6-11-10(9)7-8-12(11)2/h3-5,7,10H,1,6,15H2,2H3,(H,18,19);3-6,8,11H,1,7,15H2,2H3,(H,17,18);3-8H,1H2,2H3. The van der Waals surface area contributed by atoms with Gasteiger partial charge in [0.2, 0.25) is 0 Å². The van der Waals surface area contributed by atoms with Gasteiger partial charge in [0.15, 0.2) is 0 Å². The molecule has 6 aromatic rings. The Morgan fingerprint density at radius 1 is 0.745 bits per heavy atom. The van der Waals surface area contributed by atoms with Crippen LogP contribution in [-0.4, -0.2) is 52.9 Å². The molecule has 0 aliphatic carbocycles. The van der Waals surface area contributed by atoms with E-state index in [-0.39, 0.29) is 12.1 Å². The summed E-state index contributed by atoms with van der Waals surface area (Å²) in [4.78, 5) is 32.5. The molecule has 0 aliphatic heterocycles. The van der Waals surface area contributed by atoms with Crippen LogP contribution in [0, 0.1) is 10.1 Å². The summed E-state index contributed by atoms with van der Waals surface area (Å²) in [6.07, 6.45) is 11.3. The van der Waals surface area contributed by atoms with E-state index in [9.17, 15) is 19.7 Å². The Bertz CT molecular complexity index is 2290. The minimum absolute atomic E-state index is 0.0340. The Morgan fingerprint density at radius 2 is 1.25 bits per heavy atom. The van der Waals surface area contributed by atoms with E-state index in [0.29, 0.717) is 28.5 Å². The van der Waals surface area contributed by atoms with Gasteiger partial charge in [-0.2, -0.15) is 0 Å². The van der Waals surface area contributed by atoms with E-state index < -0.39 is 28.9 Å². The van der Waals surface area contributed by atoms with Crippen molar-refractivity contribution in [3.8, 4) is 0 Å². The zero-order valence-electron chi connectivity index (χ0n) is 28.8. The molecule has 0 radical (unpaired) electrons. The average molecular weight is 691 g/mol. The van der Waals surface area contributed by atoms with Crippen molar-refractivity contribution in [1.29, 1.82) is 0 Å². The highest BCUT2D eigenvalue weighted by Gasteiger charge is 2.23. The number of carbonyl (C=O) groups is 2. The number of carboxylic acids is 2. The van der Waals surface area contributed by atoms with Crippen LogP contribution in [0.2, 0.25) is 0 Å². The molecule has 2 atom stereocenters. The first-order valence-corrected chi connectivity index (χ1v) is 15.9. The first kappa shape index (κ1) is 37.6. The topological polar surface area (TPSA) is 185 Å². The molecule has 0 saturated carbocycles. The van der Waals surface area contributed by atoms with Crippen LogP contribution in [-0.2, 0) is 43.6 Å². The van der Waals surface area contributed by atoms with Crippen LogP contribution in [0.15, 0.2) is 92.9 Å². The van der Waals surface area contributed by atoms with Gasteiger partial charge < -0.3 is 35.4 Å². The number of carboxylic acid groups (broad SMARTS) is 2. The number of nitrogens with zero attached hydrogens (tertiary/aromatic N) is 4. The SMILES string of the molecule is C=Cc1ccc([N+](=O)[O-])c2c1c(CC(N)C(=O)O)cn2C.C=Cc1cccc2c1c(CC(N)C(=O)O)cn2C.C=Cc1cccc2c1ccn2C. The van der Waals surface area contributed by atoms with E-state index >= 15 is 0 Å². The third kappa shape index (κ3) is 7.99. The fourth-order valence-corrected chi connectivity index (χ4v) is 6.17. The van der Waals surface area contributed by atoms with Gasteiger partial charge in [0.05, 0.1) is 4.92 Å². The van der Waals surface area contributed by atoms with Crippen LogP contribution >= 0.6 is 0 Å². The quantitative estimate of drug-likeness (QED) is 0.0956. The molecule has 3 aromatic heterocycles. The Hall–Kier alpha value is -6.24. The van der Waals surface area contributed by atoms with Crippen molar-refractivity contribution in [2.24, 2.45) is 32.6 Å². The Balaban J connectivity index is 0.000000177. The van der Waals surface area contributed by atoms with Gasteiger partial charge in [0, 0.05) is 85.8 Å². The second-order valence-electron chi connectivity index (χ2n) is 12.0. The monoisotopic (exact) mass is 690 g/mol. The van der Waals surface area contributed by atoms with E-state index in [4.69, 9.17) is 21.7 Å². The summed E-state index contributed by atoms with van der Waals surface area (Å²) in [6.45, 7) is 11.3. The van der Waals surface area contributed by atoms with Crippen LogP contribution in [0.1, 0.15) is 27.8 Å². The van der Waals surface area contributed by atoms with Crippen molar-refractivity contribution in [3.05, 3.63) is 131 Å². The van der Waals surface area contributed by atoms with Crippen molar-refractivity contribution < 1.29 is 24.7 Å². The summed E-state index contributed by atoms with van der Waals surface area (Å²) in [7, 11) is 5.66. The highest BCUT2D eigenvalue weighted by molar-refractivity contribution is 5.98. The lowest BCUT2D eigenvalue weighted by Crippen LogP contribution is -2.32. The van der Waals surface area contributed by atoms with E-state index in [2.05, 4.69) is 61.8 Å².